The molecule has 25 heavy (non-hydrogen) atoms. The third kappa shape index (κ3) is 2.95. The summed E-state index contributed by atoms with van der Waals surface area (Å²) >= 11 is 0. The number of nitrogens with zero attached hydrogens (tertiary/aromatic N) is 6. The molecule has 1 amide bonds. The van der Waals surface area contributed by atoms with Gasteiger partial charge in [-0.2, -0.15) is 5.10 Å². The van der Waals surface area contributed by atoms with Crippen LogP contribution in [0.2, 0.25) is 0 Å². The molecule has 3 heterocycles. The summed E-state index contributed by atoms with van der Waals surface area (Å²) in [5.74, 6) is 0.715. The molecule has 1 saturated heterocycles. The molecule has 1 aliphatic carbocycles. The SMILES string of the molecule is CO[C@@H]1C[C@@H](c2nncn2C)N(C(=O)c2ccn(C3CCCC3)n2)C1. The summed E-state index contributed by atoms with van der Waals surface area (Å²) < 4.78 is 9.33. The van der Waals surface area contributed by atoms with E-state index in [9.17, 15) is 4.79 Å². The van der Waals surface area contributed by atoms with Gasteiger partial charge in [-0.05, 0) is 18.9 Å². The van der Waals surface area contributed by atoms with Gasteiger partial charge >= 0.3 is 0 Å². The van der Waals surface area contributed by atoms with Crippen LogP contribution in [0.25, 0.3) is 0 Å². The van der Waals surface area contributed by atoms with Crippen molar-refractivity contribution in [2.75, 3.05) is 13.7 Å². The fraction of sp³-hybridized carbons (Fsp3) is 0.647. The van der Waals surface area contributed by atoms with Crippen molar-refractivity contribution in [1.29, 1.82) is 0 Å². The number of aromatic nitrogens is 5. The summed E-state index contributed by atoms with van der Waals surface area (Å²) in [5.41, 5.74) is 0.496. The Hall–Kier alpha value is -2.22. The molecular formula is C17H24N6O2. The van der Waals surface area contributed by atoms with Crippen LogP contribution >= 0.6 is 0 Å². The number of methoxy groups -OCH3 is 1. The normalized spacial score (nSPS) is 24.3. The van der Waals surface area contributed by atoms with E-state index >= 15 is 0 Å². The fourth-order valence-corrected chi connectivity index (χ4v) is 4.00. The maximum absolute atomic E-state index is 13.1. The molecule has 0 unspecified atom stereocenters. The highest BCUT2D eigenvalue weighted by atomic mass is 16.5. The number of likely N-dealkylation sites (tertiary alicyclic amines) is 1. The van der Waals surface area contributed by atoms with Gasteiger partial charge < -0.3 is 14.2 Å². The number of carbonyl (C=O) groups is 1. The molecule has 0 radical (unpaired) electrons. The second-order valence-electron chi connectivity index (χ2n) is 6.99. The summed E-state index contributed by atoms with van der Waals surface area (Å²) in [4.78, 5) is 14.9. The smallest absolute Gasteiger partial charge is 0.275 e. The van der Waals surface area contributed by atoms with Crippen LogP contribution in [-0.4, -0.2) is 55.1 Å². The first-order valence-electron chi connectivity index (χ1n) is 8.90. The number of hydrogen-bond donors (Lipinski definition) is 0. The van der Waals surface area contributed by atoms with Gasteiger partial charge in [-0.1, -0.05) is 12.8 Å². The highest BCUT2D eigenvalue weighted by Gasteiger charge is 2.39. The minimum absolute atomic E-state index is 0.00238. The second kappa shape index (κ2) is 6.59. The van der Waals surface area contributed by atoms with Crippen LogP contribution in [0.1, 0.15) is 60.5 Å². The number of ether oxygens (including phenoxy) is 1. The van der Waals surface area contributed by atoms with Crippen LogP contribution in [-0.2, 0) is 11.8 Å². The van der Waals surface area contributed by atoms with Gasteiger partial charge in [0.2, 0.25) is 0 Å². The Bertz CT molecular complexity index is 748. The largest absolute Gasteiger partial charge is 0.380 e. The first-order chi connectivity index (χ1) is 12.2. The summed E-state index contributed by atoms with van der Waals surface area (Å²) in [5, 5.41) is 12.7. The van der Waals surface area contributed by atoms with Crippen LogP contribution in [0.4, 0.5) is 0 Å². The highest BCUT2D eigenvalue weighted by Crippen LogP contribution is 2.33. The quantitative estimate of drug-likeness (QED) is 0.844. The lowest BCUT2D eigenvalue weighted by Crippen LogP contribution is -2.33. The average Bonchev–Trinajstić information content (AvgIpc) is 3.38. The van der Waals surface area contributed by atoms with Gasteiger partial charge in [-0.3, -0.25) is 9.48 Å². The van der Waals surface area contributed by atoms with Gasteiger partial charge in [0, 0.05) is 33.3 Å². The predicted molar refractivity (Wildman–Crippen MR) is 89.9 cm³/mol. The highest BCUT2D eigenvalue weighted by molar-refractivity contribution is 5.92. The molecule has 2 fully saturated rings. The molecule has 2 aromatic rings. The molecule has 0 bridgehead atoms. The Morgan fingerprint density at radius 3 is 2.80 bits per heavy atom. The predicted octanol–water partition coefficient (Wildman–Crippen LogP) is 1.73. The van der Waals surface area contributed by atoms with Crippen LogP contribution in [0.15, 0.2) is 18.6 Å². The minimum Gasteiger partial charge on any atom is -0.380 e. The number of aryl methyl sites for hydroxylation is 1. The average molecular weight is 344 g/mol. The van der Waals surface area contributed by atoms with E-state index in [0.717, 1.165) is 25.1 Å². The Kier molecular flexibility index (Phi) is 4.29. The number of amides is 1. The lowest BCUT2D eigenvalue weighted by atomic mass is 10.2. The maximum Gasteiger partial charge on any atom is 0.275 e. The van der Waals surface area contributed by atoms with Gasteiger partial charge in [-0.15, -0.1) is 10.2 Å². The van der Waals surface area contributed by atoms with Crippen molar-refractivity contribution >= 4 is 5.91 Å². The first-order valence-corrected chi connectivity index (χ1v) is 8.90. The topological polar surface area (TPSA) is 78.1 Å². The summed E-state index contributed by atoms with van der Waals surface area (Å²) in [7, 11) is 3.58. The van der Waals surface area contributed by atoms with E-state index in [1.165, 1.54) is 12.8 Å². The van der Waals surface area contributed by atoms with E-state index in [1.807, 2.05) is 33.5 Å². The molecule has 8 nitrogen and oxygen atoms in total. The van der Waals surface area contributed by atoms with Crippen LogP contribution in [0.3, 0.4) is 0 Å². The third-order valence-corrected chi connectivity index (χ3v) is 5.43. The fourth-order valence-electron chi connectivity index (χ4n) is 4.00. The molecule has 0 spiro atoms. The lowest BCUT2D eigenvalue weighted by molar-refractivity contribution is 0.0676. The van der Waals surface area contributed by atoms with Crippen molar-refractivity contribution in [2.24, 2.45) is 7.05 Å². The minimum atomic E-state index is -0.137. The summed E-state index contributed by atoms with van der Waals surface area (Å²) in [6.45, 7) is 0.545. The summed E-state index contributed by atoms with van der Waals surface area (Å²) in [6, 6.07) is 2.12. The molecule has 0 N–H and O–H groups in total. The molecule has 0 aromatic carbocycles. The molecule has 2 atom stereocenters. The van der Waals surface area contributed by atoms with Crippen molar-refractivity contribution in [2.45, 2.75) is 50.3 Å². The van der Waals surface area contributed by atoms with Gasteiger partial charge in [-0.25, -0.2) is 0 Å². The molecule has 2 aromatic heterocycles. The Morgan fingerprint density at radius 2 is 2.12 bits per heavy atom. The Labute approximate surface area is 146 Å². The van der Waals surface area contributed by atoms with Gasteiger partial charge in [0.25, 0.3) is 5.91 Å². The molecule has 134 valence electrons. The van der Waals surface area contributed by atoms with E-state index in [0.29, 0.717) is 18.3 Å². The van der Waals surface area contributed by atoms with Crippen molar-refractivity contribution < 1.29 is 9.53 Å². The zero-order chi connectivity index (χ0) is 17.4. The van der Waals surface area contributed by atoms with E-state index in [-0.39, 0.29) is 18.1 Å². The zero-order valence-electron chi connectivity index (χ0n) is 14.7. The zero-order valence-corrected chi connectivity index (χ0v) is 14.7. The van der Waals surface area contributed by atoms with Crippen molar-refractivity contribution in [3.63, 3.8) is 0 Å². The van der Waals surface area contributed by atoms with Crippen molar-refractivity contribution in [3.8, 4) is 0 Å². The number of hydrogen-bond acceptors (Lipinski definition) is 5. The second-order valence-corrected chi connectivity index (χ2v) is 6.99. The van der Waals surface area contributed by atoms with Gasteiger partial charge in [0.15, 0.2) is 5.82 Å². The maximum atomic E-state index is 13.1. The number of carbonyl (C=O) groups excluding carboxylic acids is 1. The van der Waals surface area contributed by atoms with Crippen molar-refractivity contribution in [1.82, 2.24) is 29.4 Å². The molecule has 8 heteroatoms. The van der Waals surface area contributed by atoms with Crippen molar-refractivity contribution in [3.05, 3.63) is 30.1 Å². The molecule has 2 aliphatic rings. The van der Waals surface area contributed by atoms with Gasteiger partial charge in [0.1, 0.15) is 12.0 Å². The molecule has 4 rings (SSSR count). The lowest BCUT2D eigenvalue weighted by Gasteiger charge is -2.22. The standard InChI is InChI=1S/C17H24N6O2/c1-21-11-18-19-16(21)15-9-13(25-2)10-22(15)17(24)14-7-8-23(20-14)12-5-3-4-6-12/h7-8,11-13,15H,3-6,9-10H2,1-2H3/t13-,15+/m1/s1. The van der Waals surface area contributed by atoms with Crippen LogP contribution in [0, 0.1) is 0 Å². The number of rotatable bonds is 4. The van der Waals surface area contributed by atoms with E-state index in [1.54, 1.807) is 13.4 Å². The Morgan fingerprint density at radius 1 is 1.32 bits per heavy atom. The van der Waals surface area contributed by atoms with E-state index in [2.05, 4.69) is 15.3 Å². The summed E-state index contributed by atoms with van der Waals surface area (Å²) in [6.07, 6.45) is 9.09. The van der Waals surface area contributed by atoms with E-state index in [4.69, 9.17) is 4.74 Å². The molecule has 1 aliphatic heterocycles. The first kappa shape index (κ1) is 16.3. The molecular weight excluding hydrogens is 320 g/mol. The van der Waals surface area contributed by atoms with E-state index < -0.39 is 0 Å². The molecule has 1 saturated carbocycles. The monoisotopic (exact) mass is 344 g/mol. The van der Waals surface area contributed by atoms with Crippen LogP contribution < -0.4 is 0 Å². The Balaban J connectivity index is 1.58. The third-order valence-electron chi connectivity index (χ3n) is 5.43. The van der Waals surface area contributed by atoms with Crippen LogP contribution in [0.5, 0.6) is 0 Å². The van der Waals surface area contributed by atoms with Gasteiger partial charge in [0.05, 0.1) is 18.2 Å².